The molecule has 1 fully saturated rings. The molecule has 0 saturated carbocycles. The summed E-state index contributed by atoms with van der Waals surface area (Å²) in [5.74, 6) is 0. The summed E-state index contributed by atoms with van der Waals surface area (Å²) < 4.78 is 5.66. The molecule has 1 saturated heterocycles. The number of nitrogens with one attached hydrogen (secondary N) is 1. The molecule has 20 heavy (non-hydrogen) atoms. The van der Waals surface area contributed by atoms with Crippen LogP contribution in [-0.4, -0.2) is 44.1 Å². The lowest BCUT2D eigenvalue weighted by molar-refractivity contribution is -0.0421. The minimum atomic E-state index is -0.131. The number of benzene rings is 1. The Bertz CT molecular complexity index is 455. The van der Waals surface area contributed by atoms with E-state index in [9.17, 15) is 5.11 Å². The van der Waals surface area contributed by atoms with Crippen LogP contribution < -0.4 is 10.2 Å². The predicted octanol–water partition coefficient (Wildman–Crippen LogP) is 2.21. The normalized spacial score (nSPS) is 24.8. The highest BCUT2D eigenvalue weighted by molar-refractivity contribution is 6.31. The number of rotatable bonds is 4. The first kappa shape index (κ1) is 15.6. The molecule has 4 nitrogen and oxygen atoms in total. The van der Waals surface area contributed by atoms with Crippen molar-refractivity contribution >= 4 is 17.3 Å². The van der Waals surface area contributed by atoms with Gasteiger partial charge in [-0.3, -0.25) is 0 Å². The third kappa shape index (κ3) is 3.44. The number of anilines is 1. The third-order valence-corrected chi connectivity index (χ3v) is 4.11. The molecule has 1 aliphatic rings. The van der Waals surface area contributed by atoms with E-state index in [1.165, 1.54) is 0 Å². The van der Waals surface area contributed by atoms with Gasteiger partial charge in [0.05, 0.1) is 18.8 Å². The van der Waals surface area contributed by atoms with Crippen LogP contribution >= 0.6 is 11.6 Å². The maximum atomic E-state index is 9.29. The van der Waals surface area contributed by atoms with Gasteiger partial charge in [-0.2, -0.15) is 0 Å². The Morgan fingerprint density at radius 3 is 2.85 bits per heavy atom. The summed E-state index contributed by atoms with van der Waals surface area (Å²) in [6, 6.07) is 6.37. The molecule has 2 rings (SSSR count). The van der Waals surface area contributed by atoms with Crippen molar-refractivity contribution in [1.82, 2.24) is 5.32 Å². The molecule has 1 heterocycles. The van der Waals surface area contributed by atoms with Crippen LogP contribution in [0.4, 0.5) is 5.69 Å². The van der Waals surface area contributed by atoms with E-state index in [2.05, 4.69) is 29.3 Å². The van der Waals surface area contributed by atoms with Crippen LogP contribution in [0, 0.1) is 0 Å². The van der Waals surface area contributed by atoms with Crippen LogP contribution in [-0.2, 0) is 4.74 Å². The molecule has 0 radical (unpaired) electrons. The molecule has 0 spiro atoms. The number of hydrogen-bond donors (Lipinski definition) is 2. The number of halogens is 1. The second kappa shape index (κ2) is 6.76. The van der Waals surface area contributed by atoms with Gasteiger partial charge in [0, 0.05) is 29.8 Å². The van der Waals surface area contributed by atoms with Crippen LogP contribution in [0.25, 0.3) is 0 Å². The lowest BCUT2D eigenvalue weighted by Crippen LogP contribution is -2.48. The van der Waals surface area contributed by atoms with Crippen LogP contribution in [0.2, 0.25) is 5.02 Å². The topological polar surface area (TPSA) is 44.7 Å². The first-order chi connectivity index (χ1) is 9.55. The van der Waals surface area contributed by atoms with Gasteiger partial charge in [0.25, 0.3) is 0 Å². The fourth-order valence-electron chi connectivity index (χ4n) is 2.58. The summed E-state index contributed by atoms with van der Waals surface area (Å²) in [6.07, 6.45) is -0.0241. The Kier molecular flexibility index (Phi) is 5.27. The van der Waals surface area contributed by atoms with Gasteiger partial charge in [0.2, 0.25) is 0 Å². The fraction of sp³-hybridized carbons (Fsp3) is 0.600. The summed E-state index contributed by atoms with van der Waals surface area (Å²) in [4.78, 5) is 2.22. The molecule has 1 aromatic carbocycles. The standard InChI is InChI=1S/C15H23ClN2O2/c1-10-7-18(8-13(9-19)20-10)12-4-5-14(11(2)17-3)15(16)6-12/h4-6,10-11,13,17,19H,7-9H2,1-3H3. The van der Waals surface area contributed by atoms with Crippen molar-refractivity contribution in [3.05, 3.63) is 28.8 Å². The van der Waals surface area contributed by atoms with Crippen LogP contribution in [0.3, 0.4) is 0 Å². The highest BCUT2D eigenvalue weighted by Gasteiger charge is 2.25. The van der Waals surface area contributed by atoms with Crippen molar-refractivity contribution in [2.24, 2.45) is 0 Å². The molecule has 0 aliphatic carbocycles. The molecule has 3 atom stereocenters. The average Bonchev–Trinajstić information content (AvgIpc) is 2.45. The monoisotopic (exact) mass is 298 g/mol. The number of nitrogens with zero attached hydrogens (tertiary/aromatic N) is 1. The van der Waals surface area contributed by atoms with Gasteiger partial charge in [0.1, 0.15) is 0 Å². The van der Waals surface area contributed by atoms with E-state index < -0.39 is 0 Å². The van der Waals surface area contributed by atoms with E-state index in [-0.39, 0.29) is 24.9 Å². The van der Waals surface area contributed by atoms with Crippen molar-refractivity contribution in [3.63, 3.8) is 0 Å². The van der Waals surface area contributed by atoms with Gasteiger partial charge >= 0.3 is 0 Å². The largest absolute Gasteiger partial charge is 0.394 e. The lowest BCUT2D eigenvalue weighted by atomic mass is 10.1. The lowest BCUT2D eigenvalue weighted by Gasteiger charge is -2.37. The number of ether oxygens (including phenoxy) is 1. The van der Waals surface area contributed by atoms with Crippen molar-refractivity contribution in [2.45, 2.75) is 32.1 Å². The first-order valence-electron chi connectivity index (χ1n) is 7.03. The van der Waals surface area contributed by atoms with Crippen LogP contribution in [0.15, 0.2) is 18.2 Å². The van der Waals surface area contributed by atoms with E-state index in [1.54, 1.807) is 0 Å². The van der Waals surface area contributed by atoms with Gasteiger partial charge in [-0.1, -0.05) is 17.7 Å². The molecular formula is C15H23ClN2O2. The van der Waals surface area contributed by atoms with Crippen molar-refractivity contribution in [1.29, 1.82) is 0 Å². The Labute approximate surface area is 125 Å². The summed E-state index contributed by atoms with van der Waals surface area (Å²) in [6.45, 7) is 5.66. The summed E-state index contributed by atoms with van der Waals surface area (Å²) in [7, 11) is 1.92. The number of aliphatic hydroxyl groups excluding tert-OH is 1. The van der Waals surface area contributed by atoms with Crippen molar-refractivity contribution in [3.8, 4) is 0 Å². The Morgan fingerprint density at radius 1 is 1.50 bits per heavy atom. The quantitative estimate of drug-likeness (QED) is 0.894. The highest BCUT2D eigenvalue weighted by atomic mass is 35.5. The molecule has 112 valence electrons. The van der Waals surface area contributed by atoms with Crippen LogP contribution in [0.5, 0.6) is 0 Å². The average molecular weight is 299 g/mol. The Morgan fingerprint density at radius 2 is 2.25 bits per heavy atom. The number of aliphatic hydroxyl groups is 1. The van der Waals surface area contributed by atoms with Crippen molar-refractivity contribution < 1.29 is 9.84 Å². The van der Waals surface area contributed by atoms with E-state index in [1.807, 2.05) is 20.0 Å². The molecule has 0 bridgehead atoms. The van der Waals surface area contributed by atoms with Gasteiger partial charge < -0.3 is 20.1 Å². The summed E-state index contributed by atoms with van der Waals surface area (Å²) >= 11 is 6.38. The summed E-state index contributed by atoms with van der Waals surface area (Å²) in [5, 5.41) is 13.3. The zero-order valence-electron chi connectivity index (χ0n) is 12.3. The Balaban J connectivity index is 2.18. The zero-order chi connectivity index (χ0) is 14.7. The minimum Gasteiger partial charge on any atom is -0.394 e. The highest BCUT2D eigenvalue weighted by Crippen LogP contribution is 2.29. The number of hydrogen-bond acceptors (Lipinski definition) is 4. The van der Waals surface area contributed by atoms with Crippen LogP contribution in [0.1, 0.15) is 25.5 Å². The molecule has 2 N–H and O–H groups in total. The molecular weight excluding hydrogens is 276 g/mol. The van der Waals surface area contributed by atoms with Crippen molar-refractivity contribution in [2.75, 3.05) is 31.6 Å². The smallest absolute Gasteiger partial charge is 0.0984 e. The number of morpholine rings is 1. The van der Waals surface area contributed by atoms with E-state index in [4.69, 9.17) is 16.3 Å². The minimum absolute atomic E-state index is 0.0451. The summed E-state index contributed by atoms with van der Waals surface area (Å²) in [5.41, 5.74) is 2.17. The third-order valence-electron chi connectivity index (χ3n) is 3.78. The van der Waals surface area contributed by atoms with Gasteiger partial charge in [-0.05, 0) is 38.6 Å². The zero-order valence-corrected chi connectivity index (χ0v) is 13.0. The molecule has 0 aromatic heterocycles. The molecule has 1 aliphatic heterocycles. The maximum absolute atomic E-state index is 9.29. The van der Waals surface area contributed by atoms with E-state index >= 15 is 0 Å². The SMILES string of the molecule is CNC(C)c1ccc(N2CC(C)OC(CO)C2)cc1Cl. The van der Waals surface area contributed by atoms with Gasteiger partial charge in [0.15, 0.2) is 0 Å². The second-order valence-electron chi connectivity index (χ2n) is 5.37. The molecule has 0 amide bonds. The van der Waals surface area contributed by atoms with Gasteiger partial charge in [-0.15, -0.1) is 0 Å². The maximum Gasteiger partial charge on any atom is 0.0984 e. The van der Waals surface area contributed by atoms with E-state index in [0.29, 0.717) is 6.54 Å². The molecule has 1 aromatic rings. The molecule has 3 unspecified atom stereocenters. The first-order valence-corrected chi connectivity index (χ1v) is 7.41. The second-order valence-corrected chi connectivity index (χ2v) is 5.78. The Hall–Kier alpha value is -0.810. The fourth-order valence-corrected chi connectivity index (χ4v) is 2.91. The molecule has 5 heteroatoms. The van der Waals surface area contributed by atoms with E-state index in [0.717, 1.165) is 22.8 Å². The van der Waals surface area contributed by atoms with Gasteiger partial charge in [-0.25, -0.2) is 0 Å². The predicted molar refractivity (Wildman–Crippen MR) is 82.6 cm³/mol.